The first-order chi connectivity index (χ1) is 9.66. The number of likely N-dealkylation sites (tertiary alicyclic amines) is 1. The normalized spacial score (nSPS) is 19.9. The van der Waals surface area contributed by atoms with Crippen LogP contribution in [0.25, 0.3) is 0 Å². The number of piperidine rings is 1. The lowest BCUT2D eigenvalue weighted by Gasteiger charge is -2.35. The van der Waals surface area contributed by atoms with Crippen LogP contribution >= 0.6 is 0 Å². The largest absolute Gasteiger partial charge is 0.481 e. The van der Waals surface area contributed by atoms with Gasteiger partial charge in [0.2, 0.25) is 0 Å². The van der Waals surface area contributed by atoms with E-state index in [2.05, 4.69) is 4.90 Å². The van der Waals surface area contributed by atoms with Crippen molar-refractivity contribution in [3.8, 4) is 0 Å². The lowest BCUT2D eigenvalue weighted by molar-refractivity contribution is -0.137. The van der Waals surface area contributed by atoms with Crippen molar-refractivity contribution in [2.24, 2.45) is 0 Å². The van der Waals surface area contributed by atoms with Gasteiger partial charge in [-0.25, -0.2) is 0 Å². The summed E-state index contributed by atoms with van der Waals surface area (Å²) in [5, 5.41) is 8.81. The van der Waals surface area contributed by atoms with Gasteiger partial charge in [-0.2, -0.15) is 0 Å². The Bertz CT molecular complexity index is 498. The number of rotatable bonds is 6. The Kier molecular flexibility index (Phi) is 5.35. The first-order valence-electron chi connectivity index (χ1n) is 7.28. The number of aliphatic carboxylic acids is 1. The molecule has 0 radical (unpaired) electrons. The summed E-state index contributed by atoms with van der Waals surface area (Å²) in [7, 11) is 0. The standard InChI is InChI=1S/C15H22N2O3/c18-14-6-2-4-10-17(14)12-11-16-9-3-1-5-13(16)7-8-15(19)20/h2,4,6,10,13H,1,3,5,7-9,11-12H2,(H,19,20). The minimum absolute atomic E-state index is 0.0200. The summed E-state index contributed by atoms with van der Waals surface area (Å²) in [6.07, 6.45) is 6.14. The third kappa shape index (κ3) is 4.20. The lowest BCUT2D eigenvalue weighted by atomic mass is 9.98. The zero-order valence-electron chi connectivity index (χ0n) is 11.7. The second kappa shape index (κ2) is 7.24. The predicted molar refractivity (Wildman–Crippen MR) is 76.8 cm³/mol. The summed E-state index contributed by atoms with van der Waals surface area (Å²) in [6, 6.07) is 5.52. The molecular weight excluding hydrogens is 256 g/mol. The highest BCUT2D eigenvalue weighted by molar-refractivity contribution is 5.66. The van der Waals surface area contributed by atoms with Crippen molar-refractivity contribution in [2.45, 2.75) is 44.7 Å². The Hall–Kier alpha value is -1.62. The Morgan fingerprint density at radius 1 is 1.30 bits per heavy atom. The van der Waals surface area contributed by atoms with E-state index in [-0.39, 0.29) is 12.0 Å². The summed E-state index contributed by atoms with van der Waals surface area (Å²) >= 11 is 0. The maximum Gasteiger partial charge on any atom is 0.303 e. The molecule has 1 unspecified atom stereocenters. The van der Waals surface area contributed by atoms with Crippen LogP contribution in [0.5, 0.6) is 0 Å². The SMILES string of the molecule is O=C(O)CCC1CCCCN1CCn1ccccc1=O. The lowest BCUT2D eigenvalue weighted by Crippen LogP contribution is -2.42. The maximum absolute atomic E-state index is 11.7. The van der Waals surface area contributed by atoms with E-state index in [4.69, 9.17) is 5.11 Å². The van der Waals surface area contributed by atoms with Gasteiger partial charge in [0.1, 0.15) is 0 Å². The summed E-state index contributed by atoms with van der Waals surface area (Å²) in [5.74, 6) is -0.727. The van der Waals surface area contributed by atoms with E-state index < -0.39 is 5.97 Å². The van der Waals surface area contributed by atoms with Gasteiger partial charge in [-0.15, -0.1) is 0 Å². The molecule has 1 atom stereocenters. The van der Waals surface area contributed by atoms with Crippen molar-refractivity contribution in [2.75, 3.05) is 13.1 Å². The fourth-order valence-corrected chi connectivity index (χ4v) is 2.85. The summed E-state index contributed by atoms with van der Waals surface area (Å²) in [4.78, 5) is 24.7. The molecule has 0 aromatic carbocycles. The summed E-state index contributed by atoms with van der Waals surface area (Å²) in [5.41, 5.74) is 0.0200. The van der Waals surface area contributed by atoms with Crippen LogP contribution in [0.4, 0.5) is 0 Å². The predicted octanol–water partition coefficient (Wildman–Crippen LogP) is 1.57. The first-order valence-corrected chi connectivity index (χ1v) is 7.28. The van der Waals surface area contributed by atoms with Crippen LogP contribution in [0, 0.1) is 0 Å². The molecule has 0 bridgehead atoms. The quantitative estimate of drug-likeness (QED) is 0.858. The topological polar surface area (TPSA) is 62.5 Å². The Morgan fingerprint density at radius 3 is 2.90 bits per heavy atom. The number of hydrogen-bond acceptors (Lipinski definition) is 3. The van der Waals surface area contributed by atoms with Crippen LogP contribution in [0.1, 0.15) is 32.1 Å². The van der Waals surface area contributed by atoms with Crippen molar-refractivity contribution < 1.29 is 9.90 Å². The fraction of sp³-hybridized carbons (Fsp3) is 0.600. The minimum atomic E-state index is -0.727. The van der Waals surface area contributed by atoms with Gasteiger partial charge in [0, 0.05) is 37.8 Å². The van der Waals surface area contributed by atoms with Gasteiger partial charge < -0.3 is 9.67 Å². The van der Waals surface area contributed by atoms with Gasteiger partial charge >= 0.3 is 5.97 Å². The van der Waals surface area contributed by atoms with E-state index in [0.29, 0.717) is 19.0 Å². The average molecular weight is 278 g/mol. The van der Waals surface area contributed by atoms with E-state index in [1.165, 1.54) is 6.42 Å². The molecule has 20 heavy (non-hydrogen) atoms. The summed E-state index contributed by atoms with van der Waals surface area (Å²) < 4.78 is 1.71. The number of carboxylic acid groups (broad SMARTS) is 1. The molecule has 5 nitrogen and oxygen atoms in total. The van der Waals surface area contributed by atoms with Gasteiger partial charge in [0.05, 0.1) is 0 Å². The first kappa shape index (κ1) is 14.8. The summed E-state index contributed by atoms with van der Waals surface area (Å²) in [6.45, 7) is 2.49. The van der Waals surface area contributed by atoms with Crippen LogP contribution in [-0.4, -0.2) is 39.7 Å². The molecule has 1 N–H and O–H groups in total. The monoisotopic (exact) mass is 278 g/mol. The van der Waals surface area contributed by atoms with Crippen molar-refractivity contribution in [1.29, 1.82) is 0 Å². The highest BCUT2D eigenvalue weighted by atomic mass is 16.4. The van der Waals surface area contributed by atoms with Gasteiger partial charge in [-0.1, -0.05) is 12.5 Å². The number of aromatic nitrogens is 1. The molecule has 2 heterocycles. The van der Waals surface area contributed by atoms with E-state index in [1.807, 2.05) is 6.07 Å². The number of carboxylic acids is 1. The number of nitrogens with zero attached hydrogens (tertiary/aromatic N) is 2. The van der Waals surface area contributed by atoms with Crippen LogP contribution in [-0.2, 0) is 11.3 Å². The van der Waals surface area contributed by atoms with Gasteiger partial charge in [-0.3, -0.25) is 14.5 Å². The van der Waals surface area contributed by atoms with E-state index in [0.717, 1.165) is 25.9 Å². The zero-order valence-corrected chi connectivity index (χ0v) is 11.7. The van der Waals surface area contributed by atoms with E-state index >= 15 is 0 Å². The second-order valence-corrected chi connectivity index (χ2v) is 5.35. The molecule has 1 aliphatic rings. The molecule has 1 aliphatic heterocycles. The Labute approximate surface area is 118 Å². The van der Waals surface area contributed by atoms with Crippen LogP contribution in [0.2, 0.25) is 0 Å². The molecule has 2 rings (SSSR count). The molecule has 0 amide bonds. The molecule has 1 saturated heterocycles. The third-order valence-electron chi connectivity index (χ3n) is 3.97. The van der Waals surface area contributed by atoms with Crippen LogP contribution in [0.3, 0.4) is 0 Å². The van der Waals surface area contributed by atoms with Crippen LogP contribution < -0.4 is 5.56 Å². The highest BCUT2D eigenvalue weighted by Gasteiger charge is 2.22. The number of hydrogen-bond donors (Lipinski definition) is 1. The van der Waals surface area contributed by atoms with Gasteiger partial charge in [0.25, 0.3) is 5.56 Å². The van der Waals surface area contributed by atoms with Crippen molar-refractivity contribution in [3.63, 3.8) is 0 Å². The fourth-order valence-electron chi connectivity index (χ4n) is 2.85. The number of pyridine rings is 1. The molecule has 5 heteroatoms. The van der Waals surface area contributed by atoms with Crippen molar-refractivity contribution >= 4 is 5.97 Å². The maximum atomic E-state index is 11.7. The van der Waals surface area contributed by atoms with Crippen molar-refractivity contribution in [3.05, 3.63) is 34.7 Å². The van der Waals surface area contributed by atoms with Gasteiger partial charge in [0.15, 0.2) is 0 Å². The number of carbonyl (C=O) groups is 1. The molecule has 1 aromatic heterocycles. The van der Waals surface area contributed by atoms with Crippen LogP contribution in [0.15, 0.2) is 29.2 Å². The Balaban J connectivity index is 1.90. The molecule has 0 saturated carbocycles. The molecule has 110 valence electrons. The minimum Gasteiger partial charge on any atom is -0.481 e. The van der Waals surface area contributed by atoms with E-state index in [9.17, 15) is 9.59 Å². The zero-order chi connectivity index (χ0) is 14.4. The molecule has 1 fully saturated rings. The molecular formula is C15H22N2O3. The molecule has 0 spiro atoms. The van der Waals surface area contributed by atoms with E-state index in [1.54, 1.807) is 22.9 Å². The average Bonchev–Trinajstić information content (AvgIpc) is 2.45. The Morgan fingerprint density at radius 2 is 2.15 bits per heavy atom. The third-order valence-corrected chi connectivity index (χ3v) is 3.97. The van der Waals surface area contributed by atoms with Gasteiger partial charge in [-0.05, 0) is 31.9 Å². The smallest absolute Gasteiger partial charge is 0.303 e. The second-order valence-electron chi connectivity index (χ2n) is 5.35. The molecule has 0 aliphatic carbocycles. The molecule has 1 aromatic rings. The highest BCUT2D eigenvalue weighted by Crippen LogP contribution is 2.20. The van der Waals surface area contributed by atoms with Crippen molar-refractivity contribution in [1.82, 2.24) is 9.47 Å².